The molecular formula is C8H14O2S. The lowest BCUT2D eigenvalue weighted by atomic mass is 10.4. The van der Waals surface area contributed by atoms with Crippen molar-refractivity contribution in [3.05, 3.63) is 0 Å². The van der Waals surface area contributed by atoms with Gasteiger partial charge >= 0.3 is 5.97 Å². The molecule has 1 aliphatic rings. The summed E-state index contributed by atoms with van der Waals surface area (Å²) >= 11 is 1.77. The first kappa shape index (κ1) is 8.91. The van der Waals surface area contributed by atoms with Crippen molar-refractivity contribution in [1.82, 2.24) is 0 Å². The van der Waals surface area contributed by atoms with Crippen LogP contribution in [-0.2, 0) is 9.53 Å². The quantitative estimate of drug-likeness (QED) is 0.482. The molecule has 0 spiro atoms. The van der Waals surface area contributed by atoms with E-state index in [1.807, 2.05) is 0 Å². The zero-order valence-corrected chi connectivity index (χ0v) is 7.65. The second-order valence-electron chi connectivity index (χ2n) is 2.68. The summed E-state index contributed by atoms with van der Waals surface area (Å²) in [7, 11) is 0. The van der Waals surface area contributed by atoms with E-state index in [0.29, 0.717) is 6.42 Å². The molecule has 2 nitrogen and oxygen atoms in total. The Kier molecular flexibility index (Phi) is 3.77. The van der Waals surface area contributed by atoms with Crippen LogP contribution < -0.4 is 0 Å². The Balaban J connectivity index is 2.04. The highest BCUT2D eigenvalue weighted by molar-refractivity contribution is 7.99. The van der Waals surface area contributed by atoms with Gasteiger partial charge in [0.2, 0.25) is 0 Å². The largest absolute Gasteiger partial charge is 0.451 e. The van der Waals surface area contributed by atoms with E-state index in [1.165, 1.54) is 12.8 Å². The summed E-state index contributed by atoms with van der Waals surface area (Å²) in [6.45, 7) is 2.17. The van der Waals surface area contributed by atoms with Crippen molar-refractivity contribution in [2.24, 2.45) is 0 Å². The molecule has 1 aliphatic heterocycles. The van der Waals surface area contributed by atoms with Crippen LogP contribution in [0.2, 0.25) is 0 Å². The van der Waals surface area contributed by atoms with Gasteiger partial charge in [0.05, 0.1) is 0 Å². The van der Waals surface area contributed by atoms with Crippen molar-refractivity contribution in [3.63, 3.8) is 0 Å². The Labute approximate surface area is 71.7 Å². The number of ether oxygens (including phenoxy) is 1. The van der Waals surface area contributed by atoms with Crippen molar-refractivity contribution in [2.75, 3.05) is 5.75 Å². The van der Waals surface area contributed by atoms with Gasteiger partial charge in [-0.1, -0.05) is 13.3 Å². The molecule has 1 heterocycles. The number of esters is 1. The van der Waals surface area contributed by atoms with E-state index in [-0.39, 0.29) is 11.4 Å². The Morgan fingerprint density at radius 3 is 3.09 bits per heavy atom. The number of rotatable bonds is 4. The number of thioether (sulfide) groups is 1. The van der Waals surface area contributed by atoms with E-state index >= 15 is 0 Å². The number of carbonyl (C=O) groups excluding carboxylic acids is 1. The number of cyclic esters (lactones) is 1. The summed E-state index contributed by atoms with van der Waals surface area (Å²) < 4.78 is 5.03. The Bertz CT molecular complexity index is 136. The first-order chi connectivity index (χ1) is 5.33. The predicted octanol–water partition coefficient (Wildman–Crippen LogP) is 2.18. The lowest BCUT2D eigenvalue weighted by molar-refractivity contribution is -0.138. The maximum atomic E-state index is 10.7. The molecule has 0 aromatic heterocycles. The summed E-state index contributed by atoms with van der Waals surface area (Å²) in [6, 6.07) is 0. The smallest absolute Gasteiger partial charge is 0.307 e. The first-order valence-electron chi connectivity index (χ1n) is 4.14. The van der Waals surface area contributed by atoms with Crippen LogP contribution in [0.1, 0.15) is 32.6 Å². The van der Waals surface area contributed by atoms with Crippen LogP contribution in [0.4, 0.5) is 0 Å². The summed E-state index contributed by atoms with van der Waals surface area (Å²) in [5.41, 5.74) is 0.161. The van der Waals surface area contributed by atoms with E-state index in [2.05, 4.69) is 6.92 Å². The average molecular weight is 174 g/mol. The minimum Gasteiger partial charge on any atom is -0.451 e. The van der Waals surface area contributed by atoms with E-state index in [9.17, 15) is 4.79 Å². The second kappa shape index (κ2) is 4.65. The zero-order valence-electron chi connectivity index (χ0n) is 6.84. The van der Waals surface area contributed by atoms with Crippen molar-refractivity contribution in [1.29, 1.82) is 0 Å². The van der Waals surface area contributed by atoms with Crippen LogP contribution in [0.25, 0.3) is 0 Å². The van der Waals surface area contributed by atoms with E-state index in [1.54, 1.807) is 11.8 Å². The Morgan fingerprint density at radius 2 is 2.55 bits per heavy atom. The molecule has 0 aromatic rings. The van der Waals surface area contributed by atoms with Gasteiger partial charge in [0.25, 0.3) is 0 Å². The lowest BCUT2D eigenvalue weighted by Gasteiger charge is -2.06. The van der Waals surface area contributed by atoms with Gasteiger partial charge in [0.1, 0.15) is 5.44 Å². The highest BCUT2D eigenvalue weighted by atomic mass is 32.2. The van der Waals surface area contributed by atoms with Gasteiger partial charge in [-0.15, -0.1) is 11.8 Å². The van der Waals surface area contributed by atoms with Crippen LogP contribution in [0.15, 0.2) is 0 Å². The second-order valence-corrected chi connectivity index (χ2v) is 3.95. The maximum Gasteiger partial charge on any atom is 0.307 e. The SMILES string of the molecule is CCCCSC1CCC(=O)O1. The lowest BCUT2D eigenvalue weighted by Crippen LogP contribution is -2.02. The standard InChI is InChI=1S/C8H14O2S/c1-2-3-6-11-8-5-4-7(9)10-8/h8H,2-6H2,1H3. The number of unbranched alkanes of at least 4 members (excludes halogenated alkanes) is 1. The van der Waals surface area contributed by atoms with Crippen LogP contribution in [0, 0.1) is 0 Å². The zero-order chi connectivity index (χ0) is 8.10. The Morgan fingerprint density at radius 1 is 1.73 bits per heavy atom. The first-order valence-corrected chi connectivity index (χ1v) is 5.19. The summed E-state index contributed by atoms with van der Waals surface area (Å²) in [5.74, 6) is 1.09. The van der Waals surface area contributed by atoms with Crippen molar-refractivity contribution >= 4 is 17.7 Å². The molecule has 0 aromatic carbocycles. The molecule has 64 valence electrons. The van der Waals surface area contributed by atoms with Crippen molar-refractivity contribution in [2.45, 2.75) is 38.0 Å². The molecule has 1 fully saturated rings. The monoisotopic (exact) mass is 174 g/mol. The third-order valence-electron chi connectivity index (χ3n) is 1.65. The third-order valence-corrected chi connectivity index (χ3v) is 2.88. The Hall–Kier alpha value is -0.180. The molecule has 0 saturated carbocycles. The van der Waals surface area contributed by atoms with Gasteiger partial charge in [-0.05, 0) is 12.2 Å². The number of hydrogen-bond donors (Lipinski definition) is 0. The molecule has 0 N–H and O–H groups in total. The molecule has 1 atom stereocenters. The number of carbonyl (C=O) groups is 1. The number of hydrogen-bond acceptors (Lipinski definition) is 3. The van der Waals surface area contributed by atoms with Crippen LogP contribution >= 0.6 is 11.8 Å². The normalized spacial score (nSPS) is 23.7. The van der Waals surface area contributed by atoms with Gasteiger partial charge in [-0.2, -0.15) is 0 Å². The third kappa shape index (κ3) is 3.14. The van der Waals surface area contributed by atoms with Gasteiger partial charge in [0.15, 0.2) is 0 Å². The van der Waals surface area contributed by atoms with Crippen molar-refractivity contribution < 1.29 is 9.53 Å². The van der Waals surface area contributed by atoms with Gasteiger partial charge in [0, 0.05) is 12.8 Å². The molecule has 1 unspecified atom stereocenters. The molecule has 0 aliphatic carbocycles. The summed E-state index contributed by atoms with van der Waals surface area (Å²) in [6.07, 6.45) is 3.96. The van der Waals surface area contributed by atoms with Gasteiger partial charge in [-0.3, -0.25) is 4.79 Å². The fourth-order valence-electron chi connectivity index (χ4n) is 0.977. The molecule has 1 saturated heterocycles. The van der Waals surface area contributed by atoms with Crippen LogP contribution in [-0.4, -0.2) is 17.2 Å². The van der Waals surface area contributed by atoms with Crippen LogP contribution in [0.5, 0.6) is 0 Å². The topological polar surface area (TPSA) is 26.3 Å². The molecule has 0 bridgehead atoms. The minimum atomic E-state index is -0.0287. The molecule has 3 heteroatoms. The molecule has 0 radical (unpaired) electrons. The van der Waals surface area contributed by atoms with Crippen molar-refractivity contribution in [3.8, 4) is 0 Å². The molecular weight excluding hydrogens is 160 g/mol. The molecule has 11 heavy (non-hydrogen) atoms. The van der Waals surface area contributed by atoms with Gasteiger partial charge < -0.3 is 4.74 Å². The van der Waals surface area contributed by atoms with Gasteiger partial charge in [-0.25, -0.2) is 0 Å². The fraction of sp³-hybridized carbons (Fsp3) is 0.875. The van der Waals surface area contributed by atoms with E-state index < -0.39 is 0 Å². The van der Waals surface area contributed by atoms with E-state index in [4.69, 9.17) is 4.74 Å². The summed E-state index contributed by atoms with van der Waals surface area (Å²) in [5, 5.41) is 0. The fourth-order valence-corrected chi connectivity index (χ4v) is 2.15. The highest BCUT2D eigenvalue weighted by Crippen LogP contribution is 2.25. The predicted molar refractivity (Wildman–Crippen MR) is 46.5 cm³/mol. The van der Waals surface area contributed by atoms with E-state index in [0.717, 1.165) is 12.2 Å². The minimum absolute atomic E-state index is 0.0287. The maximum absolute atomic E-state index is 10.7. The molecule has 0 amide bonds. The summed E-state index contributed by atoms with van der Waals surface area (Å²) in [4.78, 5) is 10.7. The highest BCUT2D eigenvalue weighted by Gasteiger charge is 2.22. The van der Waals surface area contributed by atoms with Crippen LogP contribution in [0.3, 0.4) is 0 Å². The molecule has 1 rings (SSSR count). The average Bonchev–Trinajstić information content (AvgIpc) is 2.37.